The fraction of sp³-hybridized carbons (Fsp3) is 0.593. The molecule has 3 aliphatic rings. The van der Waals surface area contributed by atoms with Gasteiger partial charge in [0.05, 0.1) is 30.5 Å². The third kappa shape index (κ3) is 5.07. The SMILES string of the molecule is CC(c1ccc(N2CCCC(NCC3(C)CC3)C2)nn1)n1cnc(-c2cncc(N3CCCC3)n2)c1. The van der Waals surface area contributed by atoms with Gasteiger partial charge in [-0.15, -0.1) is 5.10 Å². The van der Waals surface area contributed by atoms with E-state index in [1.807, 2.05) is 18.7 Å². The Morgan fingerprint density at radius 3 is 2.61 bits per heavy atom. The molecule has 2 unspecified atom stereocenters. The van der Waals surface area contributed by atoms with Crippen LogP contribution in [-0.2, 0) is 0 Å². The topological polar surface area (TPSA) is 87.9 Å². The lowest BCUT2D eigenvalue weighted by Crippen LogP contribution is -2.47. The first-order valence-electron chi connectivity index (χ1n) is 13.5. The lowest BCUT2D eigenvalue weighted by Gasteiger charge is -2.34. The van der Waals surface area contributed by atoms with Crippen molar-refractivity contribution in [3.63, 3.8) is 0 Å². The third-order valence-corrected chi connectivity index (χ3v) is 8.13. The first-order valence-corrected chi connectivity index (χ1v) is 13.5. The molecule has 3 fully saturated rings. The van der Waals surface area contributed by atoms with Gasteiger partial charge in [0.15, 0.2) is 5.82 Å². The number of hydrogen-bond acceptors (Lipinski definition) is 8. The van der Waals surface area contributed by atoms with Crippen LogP contribution in [-0.4, -0.2) is 68.5 Å². The molecule has 0 bridgehead atoms. The summed E-state index contributed by atoms with van der Waals surface area (Å²) < 4.78 is 2.07. The minimum Gasteiger partial charge on any atom is -0.355 e. The molecule has 0 spiro atoms. The molecule has 3 aromatic rings. The zero-order valence-corrected chi connectivity index (χ0v) is 21.5. The normalized spacial score (nSPS) is 22.1. The van der Waals surface area contributed by atoms with Crippen LogP contribution in [0, 0.1) is 5.41 Å². The van der Waals surface area contributed by atoms with E-state index in [1.165, 1.54) is 38.5 Å². The maximum atomic E-state index is 4.82. The first-order chi connectivity index (χ1) is 17.6. The minimum absolute atomic E-state index is 0.0255. The molecular formula is C27H37N9. The number of nitrogens with one attached hydrogen (secondary N) is 1. The smallest absolute Gasteiger partial charge is 0.151 e. The van der Waals surface area contributed by atoms with Gasteiger partial charge >= 0.3 is 0 Å². The first kappa shape index (κ1) is 23.3. The Bertz CT molecular complexity index is 1160. The Labute approximate surface area is 213 Å². The molecule has 0 radical (unpaired) electrons. The molecule has 190 valence electrons. The molecule has 1 aliphatic carbocycles. The average Bonchev–Trinajstić information content (AvgIpc) is 3.32. The van der Waals surface area contributed by atoms with E-state index in [9.17, 15) is 0 Å². The van der Waals surface area contributed by atoms with Crippen molar-refractivity contribution in [2.45, 2.75) is 64.5 Å². The second kappa shape index (κ2) is 9.76. The number of piperidine rings is 1. The van der Waals surface area contributed by atoms with Crippen LogP contribution in [0.1, 0.15) is 64.1 Å². The summed E-state index contributed by atoms with van der Waals surface area (Å²) in [6.45, 7) is 9.78. The molecular weight excluding hydrogens is 450 g/mol. The molecule has 1 saturated carbocycles. The van der Waals surface area contributed by atoms with E-state index in [0.29, 0.717) is 11.5 Å². The predicted octanol–water partition coefficient (Wildman–Crippen LogP) is 3.70. The van der Waals surface area contributed by atoms with Crippen LogP contribution >= 0.6 is 0 Å². The molecule has 2 aliphatic heterocycles. The quantitative estimate of drug-likeness (QED) is 0.515. The molecule has 9 heteroatoms. The van der Waals surface area contributed by atoms with E-state index < -0.39 is 0 Å². The van der Waals surface area contributed by atoms with Gasteiger partial charge in [0.25, 0.3) is 0 Å². The number of hydrogen-bond donors (Lipinski definition) is 1. The summed E-state index contributed by atoms with van der Waals surface area (Å²) in [5.74, 6) is 1.90. The highest BCUT2D eigenvalue weighted by atomic mass is 15.3. The van der Waals surface area contributed by atoms with E-state index in [4.69, 9.17) is 4.98 Å². The molecule has 36 heavy (non-hydrogen) atoms. The van der Waals surface area contributed by atoms with Crippen molar-refractivity contribution in [2.24, 2.45) is 5.41 Å². The van der Waals surface area contributed by atoms with Crippen molar-refractivity contribution in [1.29, 1.82) is 0 Å². The van der Waals surface area contributed by atoms with E-state index in [1.54, 1.807) is 6.20 Å². The van der Waals surface area contributed by atoms with Crippen molar-refractivity contribution in [3.05, 3.63) is 42.7 Å². The van der Waals surface area contributed by atoms with Gasteiger partial charge in [-0.1, -0.05) is 6.92 Å². The molecule has 0 amide bonds. The van der Waals surface area contributed by atoms with Gasteiger partial charge in [0.2, 0.25) is 0 Å². The van der Waals surface area contributed by atoms with Crippen molar-refractivity contribution in [3.8, 4) is 11.4 Å². The predicted molar refractivity (Wildman–Crippen MR) is 141 cm³/mol. The Hall–Kier alpha value is -3.07. The molecule has 1 N–H and O–H groups in total. The van der Waals surface area contributed by atoms with E-state index in [2.05, 4.69) is 65.8 Å². The Balaban J connectivity index is 1.10. The van der Waals surface area contributed by atoms with E-state index >= 15 is 0 Å². The number of nitrogens with zero attached hydrogens (tertiary/aromatic N) is 8. The van der Waals surface area contributed by atoms with Crippen molar-refractivity contribution in [1.82, 2.24) is 35.0 Å². The van der Waals surface area contributed by atoms with Gasteiger partial charge in [-0.25, -0.2) is 9.97 Å². The Kier molecular flexibility index (Phi) is 6.33. The summed E-state index contributed by atoms with van der Waals surface area (Å²) in [5.41, 5.74) is 3.09. The van der Waals surface area contributed by atoms with E-state index in [-0.39, 0.29) is 6.04 Å². The summed E-state index contributed by atoms with van der Waals surface area (Å²) in [5, 5.41) is 13.0. The van der Waals surface area contributed by atoms with Gasteiger partial charge < -0.3 is 19.7 Å². The van der Waals surface area contributed by atoms with Crippen molar-refractivity contribution < 1.29 is 0 Å². The van der Waals surface area contributed by atoms with Crippen LogP contribution in [0.2, 0.25) is 0 Å². The number of anilines is 2. The number of aromatic nitrogens is 6. The van der Waals surface area contributed by atoms with Crippen LogP contribution < -0.4 is 15.1 Å². The second-order valence-electron chi connectivity index (χ2n) is 11.1. The van der Waals surface area contributed by atoms with Crippen LogP contribution in [0.25, 0.3) is 11.4 Å². The molecule has 2 saturated heterocycles. The summed E-state index contributed by atoms with van der Waals surface area (Å²) in [7, 11) is 0. The van der Waals surface area contributed by atoms with Gasteiger partial charge in [-0.05, 0) is 63.0 Å². The monoisotopic (exact) mass is 487 g/mol. The van der Waals surface area contributed by atoms with Gasteiger partial charge in [-0.2, -0.15) is 5.10 Å². The molecule has 9 nitrogen and oxygen atoms in total. The third-order valence-electron chi connectivity index (χ3n) is 8.13. The largest absolute Gasteiger partial charge is 0.355 e. The number of rotatable bonds is 8. The van der Waals surface area contributed by atoms with Gasteiger partial charge in [0, 0.05) is 45.0 Å². The van der Waals surface area contributed by atoms with Crippen molar-refractivity contribution >= 4 is 11.6 Å². The Morgan fingerprint density at radius 2 is 1.83 bits per heavy atom. The summed E-state index contributed by atoms with van der Waals surface area (Å²) >= 11 is 0. The maximum Gasteiger partial charge on any atom is 0.151 e. The molecule has 2 atom stereocenters. The molecule has 5 heterocycles. The van der Waals surface area contributed by atoms with Gasteiger partial charge in [0.1, 0.15) is 17.2 Å². The average molecular weight is 488 g/mol. The highest BCUT2D eigenvalue weighted by Gasteiger charge is 2.37. The molecule has 0 aromatic carbocycles. The summed E-state index contributed by atoms with van der Waals surface area (Å²) in [4.78, 5) is 18.5. The lowest BCUT2D eigenvalue weighted by atomic mass is 10.0. The highest BCUT2D eigenvalue weighted by Crippen LogP contribution is 2.44. The summed E-state index contributed by atoms with van der Waals surface area (Å²) in [6.07, 6.45) is 15.1. The fourth-order valence-electron chi connectivity index (χ4n) is 5.27. The zero-order valence-electron chi connectivity index (χ0n) is 21.5. The maximum absolute atomic E-state index is 4.82. The van der Waals surface area contributed by atoms with Crippen LogP contribution in [0.5, 0.6) is 0 Å². The minimum atomic E-state index is 0.0255. The van der Waals surface area contributed by atoms with Crippen molar-refractivity contribution in [2.75, 3.05) is 42.5 Å². The lowest BCUT2D eigenvalue weighted by molar-refractivity contribution is 0.382. The summed E-state index contributed by atoms with van der Waals surface area (Å²) in [6, 6.07) is 4.78. The molecule has 3 aromatic heterocycles. The van der Waals surface area contributed by atoms with Crippen LogP contribution in [0.3, 0.4) is 0 Å². The second-order valence-corrected chi connectivity index (χ2v) is 11.1. The van der Waals surface area contributed by atoms with Crippen LogP contribution in [0.4, 0.5) is 11.6 Å². The van der Waals surface area contributed by atoms with E-state index in [0.717, 1.165) is 61.4 Å². The highest BCUT2D eigenvalue weighted by molar-refractivity contribution is 5.55. The van der Waals surface area contributed by atoms with Crippen LogP contribution in [0.15, 0.2) is 37.1 Å². The standard InChI is InChI=1S/C27H37N9/c1-20(36-17-24(30-19-36)23-14-28-15-26(31-23)34-11-3-4-12-34)22-7-8-25(33-32-22)35-13-5-6-21(16-35)29-18-27(2)9-10-27/h7-8,14-15,17,19-21,29H,3-6,9-13,16,18H2,1-2H3. The molecule has 6 rings (SSSR count). The number of imidazole rings is 1. The fourth-order valence-corrected chi connectivity index (χ4v) is 5.27. The Morgan fingerprint density at radius 1 is 1.00 bits per heavy atom. The zero-order chi connectivity index (χ0) is 24.5. The van der Waals surface area contributed by atoms with Gasteiger partial charge in [-0.3, -0.25) is 4.98 Å².